The lowest BCUT2D eigenvalue weighted by atomic mass is 10.0. The zero-order valence-electron chi connectivity index (χ0n) is 15.4. The van der Waals surface area contributed by atoms with Gasteiger partial charge < -0.3 is 4.52 Å². The van der Waals surface area contributed by atoms with Gasteiger partial charge in [0.15, 0.2) is 0 Å². The van der Waals surface area contributed by atoms with E-state index in [9.17, 15) is 4.39 Å². The van der Waals surface area contributed by atoms with E-state index >= 15 is 0 Å². The topological polar surface area (TPSA) is 64.7 Å². The molecule has 0 spiro atoms. The van der Waals surface area contributed by atoms with E-state index < -0.39 is 0 Å². The van der Waals surface area contributed by atoms with Crippen LogP contribution < -0.4 is 0 Å². The molecule has 0 radical (unpaired) electrons. The van der Waals surface area contributed by atoms with Crippen LogP contribution in [0, 0.1) is 19.7 Å². The molecule has 28 heavy (non-hydrogen) atoms. The second-order valence-electron chi connectivity index (χ2n) is 6.36. The molecule has 5 nitrogen and oxygen atoms in total. The maximum Gasteiger partial charge on any atom is 0.237 e. The van der Waals surface area contributed by atoms with Crippen molar-refractivity contribution in [2.75, 3.05) is 0 Å². The Kier molecular flexibility index (Phi) is 5.16. The Balaban J connectivity index is 1.41. The summed E-state index contributed by atoms with van der Waals surface area (Å²) in [5.74, 6) is 1.09. The van der Waals surface area contributed by atoms with Gasteiger partial charge in [0, 0.05) is 11.1 Å². The fourth-order valence-electron chi connectivity index (χ4n) is 2.62. The van der Waals surface area contributed by atoms with Crippen molar-refractivity contribution in [3.63, 3.8) is 0 Å². The third-order valence-electron chi connectivity index (χ3n) is 4.36. The number of thioether (sulfide) groups is 1. The summed E-state index contributed by atoms with van der Waals surface area (Å²) in [5, 5.41) is 13.3. The Morgan fingerprint density at radius 1 is 0.893 bits per heavy atom. The van der Waals surface area contributed by atoms with Crippen molar-refractivity contribution in [1.82, 2.24) is 20.3 Å². The quantitative estimate of drug-likeness (QED) is 0.433. The van der Waals surface area contributed by atoms with Gasteiger partial charge in [0.05, 0.1) is 11.4 Å². The molecule has 0 atom stereocenters. The summed E-state index contributed by atoms with van der Waals surface area (Å²) in [7, 11) is 0. The second kappa shape index (κ2) is 7.90. The van der Waals surface area contributed by atoms with Gasteiger partial charge in [-0.15, -0.1) is 10.2 Å². The van der Waals surface area contributed by atoms with Crippen LogP contribution in [-0.2, 0) is 5.75 Å². The highest BCUT2D eigenvalue weighted by atomic mass is 32.2. The Morgan fingerprint density at radius 2 is 1.68 bits per heavy atom. The molecule has 0 saturated heterocycles. The first-order valence-corrected chi connectivity index (χ1v) is 9.70. The number of halogens is 1. The van der Waals surface area contributed by atoms with Gasteiger partial charge in [-0.1, -0.05) is 29.1 Å². The predicted octanol–water partition coefficient (Wildman–Crippen LogP) is 5.24. The average molecular weight is 392 g/mol. The SMILES string of the molecule is Cc1ccc(-c2ccc(SCc3nc(-c4ccc(F)cc4)no3)nn2)cc1C. The minimum Gasteiger partial charge on any atom is -0.338 e. The Bertz CT molecular complexity index is 1090. The Morgan fingerprint density at radius 3 is 2.39 bits per heavy atom. The van der Waals surface area contributed by atoms with Crippen LogP contribution in [0.3, 0.4) is 0 Å². The molecule has 0 aliphatic carbocycles. The van der Waals surface area contributed by atoms with Crippen molar-refractivity contribution in [3.8, 4) is 22.6 Å². The fourth-order valence-corrected chi connectivity index (χ4v) is 3.27. The van der Waals surface area contributed by atoms with E-state index in [0.717, 1.165) is 16.3 Å². The summed E-state index contributed by atoms with van der Waals surface area (Å²) < 4.78 is 18.3. The summed E-state index contributed by atoms with van der Waals surface area (Å²) in [6.07, 6.45) is 0. The van der Waals surface area contributed by atoms with Gasteiger partial charge in [-0.25, -0.2) is 4.39 Å². The van der Waals surface area contributed by atoms with E-state index in [4.69, 9.17) is 4.52 Å². The Hall–Kier alpha value is -3.06. The smallest absolute Gasteiger partial charge is 0.237 e. The van der Waals surface area contributed by atoms with E-state index in [2.05, 4.69) is 52.4 Å². The maximum atomic E-state index is 13.0. The third-order valence-corrected chi connectivity index (χ3v) is 5.26. The van der Waals surface area contributed by atoms with E-state index in [-0.39, 0.29) is 5.82 Å². The fraction of sp³-hybridized carbons (Fsp3) is 0.143. The van der Waals surface area contributed by atoms with Crippen molar-refractivity contribution < 1.29 is 8.91 Å². The molecule has 4 rings (SSSR count). The summed E-state index contributed by atoms with van der Waals surface area (Å²) in [5.41, 5.74) is 5.07. The standard InChI is InChI=1S/C21H17FN4OS/c1-13-3-4-16(11-14(13)2)18-9-10-20(25-24-18)28-12-19-23-21(26-27-19)15-5-7-17(22)8-6-15/h3-11H,12H2,1-2H3. The van der Waals surface area contributed by atoms with E-state index in [1.165, 1.54) is 35.0 Å². The van der Waals surface area contributed by atoms with Crippen LogP contribution in [0.2, 0.25) is 0 Å². The number of rotatable bonds is 5. The molecule has 140 valence electrons. The molecular weight excluding hydrogens is 375 g/mol. The maximum absolute atomic E-state index is 13.0. The molecule has 2 aromatic heterocycles. The number of benzene rings is 2. The van der Waals surface area contributed by atoms with E-state index in [1.807, 2.05) is 12.1 Å². The second-order valence-corrected chi connectivity index (χ2v) is 7.36. The van der Waals surface area contributed by atoms with Gasteiger partial charge >= 0.3 is 0 Å². The van der Waals surface area contributed by atoms with Crippen LogP contribution >= 0.6 is 11.8 Å². The highest BCUT2D eigenvalue weighted by molar-refractivity contribution is 7.98. The summed E-state index contributed by atoms with van der Waals surface area (Å²) in [6, 6.07) is 16.1. The normalized spacial score (nSPS) is 11.0. The average Bonchev–Trinajstić information content (AvgIpc) is 3.18. The van der Waals surface area contributed by atoms with Crippen LogP contribution in [0.15, 0.2) is 64.1 Å². The summed E-state index contributed by atoms with van der Waals surface area (Å²) >= 11 is 1.46. The number of nitrogens with zero attached hydrogens (tertiary/aromatic N) is 4. The van der Waals surface area contributed by atoms with Crippen molar-refractivity contribution >= 4 is 11.8 Å². The van der Waals surface area contributed by atoms with Gasteiger partial charge in [-0.3, -0.25) is 0 Å². The number of aryl methyl sites for hydroxylation is 2. The Labute approximate surface area is 166 Å². The van der Waals surface area contributed by atoms with E-state index in [1.54, 1.807) is 12.1 Å². The minimum absolute atomic E-state index is 0.300. The van der Waals surface area contributed by atoms with Crippen molar-refractivity contribution in [3.05, 3.63) is 77.4 Å². The van der Waals surface area contributed by atoms with Crippen LogP contribution in [0.1, 0.15) is 17.0 Å². The first kappa shape index (κ1) is 18.3. The molecule has 4 aromatic rings. The third kappa shape index (κ3) is 4.09. The zero-order valence-corrected chi connectivity index (χ0v) is 16.2. The van der Waals surface area contributed by atoms with Gasteiger partial charge in [-0.2, -0.15) is 4.98 Å². The number of hydrogen-bond acceptors (Lipinski definition) is 6. The van der Waals surface area contributed by atoms with Crippen molar-refractivity contribution in [2.24, 2.45) is 0 Å². The van der Waals surface area contributed by atoms with Gasteiger partial charge in [0.25, 0.3) is 0 Å². The summed E-state index contributed by atoms with van der Waals surface area (Å²) in [4.78, 5) is 4.34. The lowest BCUT2D eigenvalue weighted by molar-refractivity contribution is 0.391. The molecule has 0 saturated carbocycles. The van der Waals surface area contributed by atoms with Crippen LogP contribution in [-0.4, -0.2) is 20.3 Å². The molecule has 0 amide bonds. The van der Waals surface area contributed by atoms with Gasteiger partial charge in [-0.05, 0) is 67.4 Å². The lowest BCUT2D eigenvalue weighted by Gasteiger charge is -2.05. The monoisotopic (exact) mass is 392 g/mol. The first-order valence-electron chi connectivity index (χ1n) is 8.71. The molecule has 2 heterocycles. The van der Waals surface area contributed by atoms with Gasteiger partial charge in [0.1, 0.15) is 10.8 Å². The molecule has 0 unspecified atom stereocenters. The molecular formula is C21H17FN4OS. The van der Waals surface area contributed by atoms with E-state index in [0.29, 0.717) is 23.0 Å². The van der Waals surface area contributed by atoms with Gasteiger partial charge in [0.2, 0.25) is 11.7 Å². The minimum atomic E-state index is -0.300. The molecule has 0 aliphatic heterocycles. The number of aromatic nitrogens is 4. The molecule has 0 fully saturated rings. The molecule has 0 bridgehead atoms. The summed E-state index contributed by atoms with van der Waals surface area (Å²) in [6.45, 7) is 4.17. The van der Waals surface area contributed by atoms with Crippen LogP contribution in [0.25, 0.3) is 22.6 Å². The van der Waals surface area contributed by atoms with Crippen LogP contribution in [0.5, 0.6) is 0 Å². The highest BCUT2D eigenvalue weighted by Crippen LogP contribution is 2.24. The molecule has 2 aromatic carbocycles. The molecule has 0 N–H and O–H groups in total. The van der Waals surface area contributed by atoms with Crippen molar-refractivity contribution in [1.29, 1.82) is 0 Å². The van der Waals surface area contributed by atoms with Crippen LogP contribution in [0.4, 0.5) is 4.39 Å². The lowest BCUT2D eigenvalue weighted by Crippen LogP contribution is -1.91. The van der Waals surface area contributed by atoms with Crippen molar-refractivity contribution in [2.45, 2.75) is 24.6 Å². The molecule has 0 aliphatic rings. The largest absolute Gasteiger partial charge is 0.338 e. The zero-order chi connectivity index (χ0) is 19.5. The predicted molar refractivity (Wildman–Crippen MR) is 106 cm³/mol. The molecule has 7 heteroatoms. The highest BCUT2D eigenvalue weighted by Gasteiger charge is 2.10. The number of hydrogen-bond donors (Lipinski definition) is 0. The first-order chi connectivity index (χ1) is 13.6.